The molecule has 22 heavy (non-hydrogen) atoms. The predicted octanol–water partition coefficient (Wildman–Crippen LogP) is 3.46. The van der Waals surface area contributed by atoms with Crippen LogP contribution in [0.5, 0.6) is 0 Å². The van der Waals surface area contributed by atoms with Gasteiger partial charge >= 0.3 is 12.2 Å². The monoisotopic (exact) mass is 309 g/mol. The Bertz CT molecular complexity index is 531. The molecule has 1 heterocycles. The first-order valence-corrected chi connectivity index (χ1v) is 6.95. The zero-order chi connectivity index (χ0) is 17.1. The Morgan fingerprint density at radius 2 is 1.45 bits per heavy atom. The van der Waals surface area contributed by atoms with Crippen LogP contribution in [0, 0.1) is 6.92 Å². The highest BCUT2D eigenvalue weighted by Gasteiger charge is 2.34. The van der Waals surface area contributed by atoms with Crippen molar-refractivity contribution >= 4 is 18.1 Å². The fourth-order valence-electron chi connectivity index (χ4n) is 1.40. The second-order valence-electron chi connectivity index (χ2n) is 6.79. The van der Waals surface area contributed by atoms with Gasteiger partial charge in [-0.3, -0.25) is 0 Å². The molecule has 0 aliphatic heterocycles. The van der Waals surface area contributed by atoms with E-state index in [1.54, 1.807) is 54.5 Å². The lowest BCUT2D eigenvalue weighted by Crippen LogP contribution is -2.44. The zero-order valence-corrected chi connectivity index (χ0v) is 14.1. The number of aromatic nitrogens is 2. The molecule has 0 spiro atoms. The molecule has 0 aromatic carbocycles. The summed E-state index contributed by atoms with van der Waals surface area (Å²) in [5, 5.41) is 0. The minimum absolute atomic E-state index is 0.0801. The van der Waals surface area contributed by atoms with Crippen LogP contribution in [0.2, 0.25) is 0 Å². The summed E-state index contributed by atoms with van der Waals surface area (Å²) in [6.45, 7) is 12.0. The van der Waals surface area contributed by atoms with E-state index in [4.69, 9.17) is 9.47 Å². The molecule has 1 aromatic rings. The van der Waals surface area contributed by atoms with Gasteiger partial charge in [-0.2, -0.15) is 0 Å². The van der Waals surface area contributed by atoms with Gasteiger partial charge < -0.3 is 9.47 Å². The molecule has 2 amide bonds. The summed E-state index contributed by atoms with van der Waals surface area (Å²) in [5.74, 6) is -0.0801. The van der Waals surface area contributed by atoms with E-state index in [0.717, 1.165) is 0 Å². The van der Waals surface area contributed by atoms with Gasteiger partial charge in [-0.1, -0.05) is 0 Å². The smallest absolute Gasteiger partial charge is 0.427 e. The van der Waals surface area contributed by atoms with Gasteiger partial charge in [0.15, 0.2) is 0 Å². The average molecular weight is 309 g/mol. The van der Waals surface area contributed by atoms with Crippen molar-refractivity contribution in [2.24, 2.45) is 0 Å². The van der Waals surface area contributed by atoms with Crippen LogP contribution in [0.25, 0.3) is 0 Å². The topological polar surface area (TPSA) is 81.6 Å². The van der Waals surface area contributed by atoms with Crippen LogP contribution >= 0.6 is 0 Å². The van der Waals surface area contributed by atoms with E-state index in [1.165, 1.54) is 6.20 Å². The lowest BCUT2D eigenvalue weighted by molar-refractivity contribution is 0.0427. The van der Waals surface area contributed by atoms with E-state index in [-0.39, 0.29) is 5.95 Å². The fraction of sp³-hybridized carbons (Fsp3) is 0.600. The Morgan fingerprint density at radius 3 is 1.82 bits per heavy atom. The standard InChI is InChI=1S/C15H23N3O4/c1-10-8-9-16-11(17-10)18(12(19)21-14(2,3)4)13(20)22-15(5,6)7/h8-9H,1-7H3. The van der Waals surface area contributed by atoms with Gasteiger partial charge in [0.2, 0.25) is 5.95 Å². The number of carbonyl (C=O) groups is 2. The summed E-state index contributed by atoms with van der Waals surface area (Å²) in [7, 11) is 0. The first-order valence-electron chi connectivity index (χ1n) is 6.95. The molecule has 0 aliphatic carbocycles. The molecule has 0 saturated carbocycles. The van der Waals surface area contributed by atoms with Crippen LogP contribution in [-0.4, -0.2) is 33.4 Å². The van der Waals surface area contributed by atoms with Crippen LogP contribution in [0.3, 0.4) is 0 Å². The van der Waals surface area contributed by atoms with E-state index in [1.807, 2.05) is 0 Å². The maximum atomic E-state index is 12.3. The maximum Gasteiger partial charge on any atom is 0.427 e. The van der Waals surface area contributed by atoms with Crippen LogP contribution in [-0.2, 0) is 9.47 Å². The van der Waals surface area contributed by atoms with Crippen molar-refractivity contribution in [3.05, 3.63) is 18.0 Å². The first kappa shape index (κ1) is 17.9. The first-order chi connectivity index (χ1) is 9.89. The molecule has 0 bridgehead atoms. The van der Waals surface area contributed by atoms with Gasteiger partial charge in [0.25, 0.3) is 0 Å². The number of nitrogens with zero attached hydrogens (tertiary/aromatic N) is 3. The van der Waals surface area contributed by atoms with Crippen LogP contribution in [0.15, 0.2) is 12.3 Å². The molecule has 0 atom stereocenters. The normalized spacial score (nSPS) is 11.8. The summed E-state index contributed by atoms with van der Waals surface area (Å²) < 4.78 is 10.5. The molecule has 0 unspecified atom stereocenters. The van der Waals surface area contributed by atoms with Gasteiger partial charge in [0.05, 0.1) is 0 Å². The molecule has 7 heteroatoms. The second-order valence-corrected chi connectivity index (χ2v) is 6.79. The van der Waals surface area contributed by atoms with E-state index in [2.05, 4.69) is 9.97 Å². The number of carbonyl (C=O) groups excluding carboxylic acids is 2. The van der Waals surface area contributed by atoms with Gasteiger partial charge in [-0.15, -0.1) is 4.90 Å². The van der Waals surface area contributed by atoms with Crippen molar-refractivity contribution < 1.29 is 19.1 Å². The quantitative estimate of drug-likeness (QED) is 0.790. The zero-order valence-electron chi connectivity index (χ0n) is 14.1. The largest absolute Gasteiger partial charge is 0.443 e. The lowest BCUT2D eigenvalue weighted by atomic mass is 10.2. The van der Waals surface area contributed by atoms with Crippen molar-refractivity contribution in [1.29, 1.82) is 0 Å². The molecule has 1 rings (SSSR count). The Balaban J connectivity index is 3.15. The Labute approximate surface area is 130 Å². The summed E-state index contributed by atoms with van der Waals surface area (Å²) in [6.07, 6.45) is -0.306. The van der Waals surface area contributed by atoms with Gasteiger partial charge in [-0.25, -0.2) is 19.6 Å². The number of imide groups is 1. The third kappa shape index (κ3) is 5.67. The summed E-state index contributed by atoms with van der Waals surface area (Å²) in [5.41, 5.74) is -0.912. The molecule has 0 aliphatic rings. The van der Waals surface area contributed by atoms with E-state index in [0.29, 0.717) is 10.6 Å². The summed E-state index contributed by atoms with van der Waals surface area (Å²) in [6, 6.07) is 1.66. The van der Waals surface area contributed by atoms with Gasteiger partial charge in [0.1, 0.15) is 11.2 Å². The van der Waals surface area contributed by atoms with Crippen molar-refractivity contribution in [2.75, 3.05) is 4.90 Å². The van der Waals surface area contributed by atoms with Crippen molar-refractivity contribution in [1.82, 2.24) is 9.97 Å². The van der Waals surface area contributed by atoms with Gasteiger partial charge in [-0.05, 0) is 54.5 Å². The molecule has 0 radical (unpaired) electrons. The van der Waals surface area contributed by atoms with Crippen LogP contribution in [0.4, 0.5) is 15.5 Å². The highest BCUT2D eigenvalue weighted by molar-refractivity contribution is 6.08. The molecule has 1 aromatic heterocycles. The van der Waals surface area contributed by atoms with Crippen molar-refractivity contribution in [2.45, 2.75) is 59.7 Å². The SMILES string of the molecule is Cc1ccnc(N(C(=O)OC(C)(C)C)C(=O)OC(C)(C)C)n1. The molecule has 0 fully saturated rings. The van der Waals surface area contributed by atoms with Crippen LogP contribution in [0.1, 0.15) is 47.2 Å². The Kier molecular flexibility index (Phi) is 5.11. The number of aryl methyl sites for hydroxylation is 1. The molecule has 0 N–H and O–H groups in total. The summed E-state index contributed by atoms with van der Waals surface area (Å²) in [4.78, 5) is 33.4. The van der Waals surface area contributed by atoms with Crippen molar-refractivity contribution in [3.63, 3.8) is 0 Å². The summed E-state index contributed by atoms with van der Waals surface area (Å²) >= 11 is 0. The molecule has 7 nitrogen and oxygen atoms in total. The Morgan fingerprint density at radius 1 is 1.00 bits per heavy atom. The molecule has 0 saturated heterocycles. The Hall–Kier alpha value is -2.18. The number of anilines is 1. The average Bonchev–Trinajstić information content (AvgIpc) is 2.23. The number of hydrogen-bond acceptors (Lipinski definition) is 6. The number of ether oxygens (including phenoxy) is 2. The highest BCUT2D eigenvalue weighted by atomic mass is 16.6. The molecular weight excluding hydrogens is 286 g/mol. The highest BCUT2D eigenvalue weighted by Crippen LogP contribution is 2.18. The third-order valence-corrected chi connectivity index (χ3v) is 2.13. The number of rotatable bonds is 1. The second kappa shape index (κ2) is 6.29. The number of hydrogen-bond donors (Lipinski definition) is 0. The lowest BCUT2D eigenvalue weighted by Gasteiger charge is -2.27. The minimum atomic E-state index is -0.882. The third-order valence-electron chi connectivity index (χ3n) is 2.13. The van der Waals surface area contributed by atoms with E-state index in [9.17, 15) is 9.59 Å². The van der Waals surface area contributed by atoms with E-state index >= 15 is 0 Å². The molecule has 122 valence electrons. The van der Waals surface area contributed by atoms with Crippen LogP contribution < -0.4 is 4.90 Å². The van der Waals surface area contributed by atoms with E-state index < -0.39 is 23.4 Å². The molecular formula is C15H23N3O4. The minimum Gasteiger partial charge on any atom is -0.443 e. The maximum absolute atomic E-state index is 12.3. The number of amides is 2. The predicted molar refractivity (Wildman–Crippen MR) is 81.7 cm³/mol. The fourth-order valence-corrected chi connectivity index (χ4v) is 1.40. The van der Waals surface area contributed by atoms with Crippen molar-refractivity contribution in [3.8, 4) is 0 Å². The van der Waals surface area contributed by atoms with Gasteiger partial charge in [0, 0.05) is 11.9 Å².